The van der Waals surface area contributed by atoms with E-state index >= 15 is 0 Å². The van der Waals surface area contributed by atoms with Crippen LogP contribution >= 0.6 is 11.3 Å². The number of hydrogen-bond donors (Lipinski definition) is 0. The summed E-state index contributed by atoms with van der Waals surface area (Å²) in [4.78, 5) is 5.39. The van der Waals surface area contributed by atoms with E-state index in [2.05, 4.69) is 16.7 Å². The normalized spacial score (nSPS) is 12.0. The minimum Gasteiger partial charge on any atom is -0.497 e. The van der Waals surface area contributed by atoms with Crippen LogP contribution in [0.25, 0.3) is 0 Å². The van der Waals surface area contributed by atoms with Crippen LogP contribution in [0.1, 0.15) is 18.2 Å². The van der Waals surface area contributed by atoms with E-state index in [1.165, 1.54) is 0 Å². The fraction of sp³-hybridized carbons (Fsp3) is 0.250. The van der Waals surface area contributed by atoms with Crippen LogP contribution in [0.15, 0.2) is 51.9 Å². The van der Waals surface area contributed by atoms with Crippen LogP contribution in [0.2, 0.25) is 0 Å². The van der Waals surface area contributed by atoms with Gasteiger partial charge >= 0.3 is 0 Å². The monoisotopic (exact) mass is 301 g/mol. The number of nitrogens with zero attached hydrogens (tertiary/aromatic N) is 3. The van der Waals surface area contributed by atoms with Gasteiger partial charge in [0.1, 0.15) is 5.75 Å². The van der Waals surface area contributed by atoms with Gasteiger partial charge in [0.15, 0.2) is 0 Å². The molecule has 0 bridgehead atoms. The van der Waals surface area contributed by atoms with Crippen LogP contribution < -0.4 is 9.54 Å². The third kappa shape index (κ3) is 4.16. The zero-order valence-electron chi connectivity index (χ0n) is 12.5. The fourth-order valence-corrected chi connectivity index (χ4v) is 2.46. The first-order valence-electron chi connectivity index (χ1n) is 6.60. The van der Waals surface area contributed by atoms with E-state index in [0.717, 1.165) is 27.4 Å². The number of aromatic nitrogens is 1. The van der Waals surface area contributed by atoms with Gasteiger partial charge in [-0.05, 0) is 43.7 Å². The van der Waals surface area contributed by atoms with Crippen molar-refractivity contribution in [3.8, 4) is 5.75 Å². The van der Waals surface area contributed by atoms with E-state index in [1.807, 2.05) is 54.4 Å². The molecule has 0 aliphatic rings. The lowest BCUT2D eigenvalue weighted by atomic mass is 10.2. The molecule has 110 valence electrons. The first kappa shape index (κ1) is 15.3. The lowest BCUT2D eigenvalue weighted by molar-refractivity contribution is 0.415. The van der Waals surface area contributed by atoms with Crippen molar-refractivity contribution in [2.24, 2.45) is 10.1 Å². The minimum atomic E-state index is 0.623. The molecule has 0 spiro atoms. The number of hydrogen-bond acceptors (Lipinski definition) is 4. The molecule has 1 aromatic heterocycles. The topological polar surface area (TPSA) is 38.9 Å². The molecule has 2 aromatic rings. The highest BCUT2D eigenvalue weighted by atomic mass is 32.1. The Balaban J connectivity index is 2.25. The second-order valence-electron chi connectivity index (χ2n) is 4.76. The van der Waals surface area contributed by atoms with Gasteiger partial charge in [-0.3, -0.25) is 4.99 Å². The molecule has 1 heterocycles. The van der Waals surface area contributed by atoms with Crippen LogP contribution in [0.5, 0.6) is 5.75 Å². The molecule has 0 aliphatic carbocycles. The number of ether oxygens (including phenoxy) is 1. The van der Waals surface area contributed by atoms with Gasteiger partial charge in [-0.25, -0.2) is 4.68 Å². The van der Waals surface area contributed by atoms with Crippen molar-refractivity contribution < 1.29 is 4.74 Å². The second kappa shape index (κ2) is 7.04. The molecule has 5 heteroatoms. The van der Waals surface area contributed by atoms with Crippen molar-refractivity contribution in [3.05, 3.63) is 57.9 Å². The Bertz CT molecular complexity index is 708. The zero-order valence-corrected chi connectivity index (χ0v) is 13.4. The number of benzene rings is 1. The summed E-state index contributed by atoms with van der Waals surface area (Å²) in [6.45, 7) is 8.47. The molecular formula is C16H19N3OS. The van der Waals surface area contributed by atoms with Crippen LogP contribution in [0.3, 0.4) is 0 Å². The van der Waals surface area contributed by atoms with Gasteiger partial charge in [-0.1, -0.05) is 12.2 Å². The Morgan fingerprint density at radius 2 is 2.10 bits per heavy atom. The highest BCUT2D eigenvalue weighted by Crippen LogP contribution is 2.10. The highest BCUT2D eigenvalue weighted by molar-refractivity contribution is 7.07. The van der Waals surface area contributed by atoms with Crippen LogP contribution in [0, 0.1) is 6.92 Å². The average molecular weight is 301 g/mol. The molecule has 0 fully saturated rings. The molecule has 4 nitrogen and oxygen atoms in total. The van der Waals surface area contributed by atoms with Crippen LogP contribution in [-0.4, -0.2) is 24.5 Å². The van der Waals surface area contributed by atoms with Gasteiger partial charge in [-0.15, -0.1) is 11.3 Å². The number of thiazole rings is 1. The highest BCUT2D eigenvalue weighted by Gasteiger charge is 1.99. The van der Waals surface area contributed by atoms with Crippen molar-refractivity contribution >= 4 is 17.6 Å². The summed E-state index contributed by atoms with van der Waals surface area (Å²) in [6, 6.07) is 7.77. The minimum absolute atomic E-state index is 0.623. The first-order chi connectivity index (χ1) is 10.1. The molecule has 0 aliphatic heterocycles. The zero-order chi connectivity index (χ0) is 15.2. The summed E-state index contributed by atoms with van der Waals surface area (Å²) in [6.07, 6.45) is 1.82. The van der Waals surface area contributed by atoms with E-state index in [9.17, 15) is 0 Å². The first-order valence-corrected chi connectivity index (χ1v) is 7.48. The molecule has 0 unspecified atom stereocenters. The third-order valence-corrected chi connectivity index (χ3v) is 3.74. The van der Waals surface area contributed by atoms with E-state index < -0.39 is 0 Å². The molecule has 21 heavy (non-hydrogen) atoms. The molecule has 0 saturated heterocycles. The van der Waals surface area contributed by atoms with Gasteiger partial charge in [-0.2, -0.15) is 5.10 Å². The Labute approximate surface area is 128 Å². The maximum Gasteiger partial charge on any atom is 0.206 e. The SMILES string of the molecule is C=C(C)CN=c1scc(C)n1N=Cc1ccc(OC)cc1. The molecule has 0 saturated carbocycles. The summed E-state index contributed by atoms with van der Waals surface area (Å²) in [7, 11) is 1.66. The van der Waals surface area contributed by atoms with Crippen molar-refractivity contribution in [2.75, 3.05) is 13.7 Å². The van der Waals surface area contributed by atoms with Gasteiger partial charge in [0.05, 0.1) is 25.6 Å². The summed E-state index contributed by atoms with van der Waals surface area (Å²) in [5.74, 6) is 0.837. The third-order valence-electron chi connectivity index (χ3n) is 2.77. The van der Waals surface area contributed by atoms with Crippen LogP contribution in [-0.2, 0) is 0 Å². The lowest BCUT2D eigenvalue weighted by Crippen LogP contribution is -2.13. The lowest BCUT2D eigenvalue weighted by Gasteiger charge is -2.00. The summed E-state index contributed by atoms with van der Waals surface area (Å²) >= 11 is 1.58. The molecule has 0 radical (unpaired) electrons. The Morgan fingerprint density at radius 3 is 2.71 bits per heavy atom. The van der Waals surface area contributed by atoms with Crippen LogP contribution in [0.4, 0.5) is 0 Å². The Hall–Kier alpha value is -2.14. The van der Waals surface area contributed by atoms with Gasteiger partial charge in [0, 0.05) is 5.38 Å². The van der Waals surface area contributed by atoms with Crippen molar-refractivity contribution in [3.63, 3.8) is 0 Å². The number of aryl methyl sites for hydroxylation is 1. The quantitative estimate of drug-likeness (QED) is 0.617. The van der Waals surface area contributed by atoms with Crippen molar-refractivity contribution in [1.82, 2.24) is 4.68 Å². The molecule has 0 amide bonds. The molecule has 2 rings (SSSR count). The maximum absolute atomic E-state index is 5.14. The maximum atomic E-state index is 5.14. The number of rotatable bonds is 5. The molecule has 0 atom stereocenters. The summed E-state index contributed by atoms with van der Waals surface area (Å²) < 4.78 is 6.99. The van der Waals surface area contributed by atoms with Crippen molar-refractivity contribution in [2.45, 2.75) is 13.8 Å². The van der Waals surface area contributed by atoms with E-state index in [0.29, 0.717) is 6.54 Å². The molecular weight excluding hydrogens is 282 g/mol. The van der Waals surface area contributed by atoms with Gasteiger partial charge < -0.3 is 4.74 Å². The molecule has 0 N–H and O–H groups in total. The predicted molar refractivity (Wildman–Crippen MR) is 88.3 cm³/mol. The molecule has 1 aromatic carbocycles. The number of methoxy groups -OCH3 is 1. The fourth-order valence-electron chi connectivity index (χ4n) is 1.65. The Kier molecular flexibility index (Phi) is 5.11. The Morgan fingerprint density at radius 1 is 1.38 bits per heavy atom. The standard InChI is InChI=1S/C16H19N3OS/c1-12(2)9-17-16-19(13(3)11-21-16)18-10-14-5-7-15(20-4)8-6-14/h5-8,10-11H,1,9H2,2-4H3. The van der Waals surface area contributed by atoms with E-state index in [4.69, 9.17) is 4.74 Å². The second-order valence-corrected chi connectivity index (χ2v) is 5.60. The largest absolute Gasteiger partial charge is 0.497 e. The van der Waals surface area contributed by atoms with Crippen molar-refractivity contribution in [1.29, 1.82) is 0 Å². The van der Waals surface area contributed by atoms with E-state index in [1.54, 1.807) is 18.4 Å². The van der Waals surface area contributed by atoms with Gasteiger partial charge in [0.25, 0.3) is 0 Å². The van der Waals surface area contributed by atoms with Gasteiger partial charge in [0.2, 0.25) is 4.80 Å². The summed E-state index contributed by atoms with van der Waals surface area (Å²) in [5.41, 5.74) is 3.11. The average Bonchev–Trinajstić information content (AvgIpc) is 2.84. The summed E-state index contributed by atoms with van der Waals surface area (Å²) in [5, 5.41) is 6.55. The smallest absolute Gasteiger partial charge is 0.206 e. The van der Waals surface area contributed by atoms with E-state index in [-0.39, 0.29) is 0 Å². The predicted octanol–water partition coefficient (Wildman–Crippen LogP) is 3.23.